The summed E-state index contributed by atoms with van der Waals surface area (Å²) in [5.74, 6) is 1.56. The fourth-order valence-corrected chi connectivity index (χ4v) is 4.79. The van der Waals surface area contributed by atoms with Gasteiger partial charge in [0.1, 0.15) is 5.75 Å². The van der Waals surface area contributed by atoms with Crippen molar-refractivity contribution in [3.63, 3.8) is 0 Å². The predicted molar refractivity (Wildman–Crippen MR) is 137 cm³/mol. The van der Waals surface area contributed by atoms with E-state index in [-0.39, 0.29) is 5.78 Å². The van der Waals surface area contributed by atoms with E-state index in [1.165, 1.54) is 5.69 Å². The number of ketones is 1. The number of rotatable bonds is 6. The molecule has 0 saturated carbocycles. The Morgan fingerprint density at radius 1 is 1.06 bits per heavy atom. The van der Waals surface area contributed by atoms with Crippen molar-refractivity contribution in [3.05, 3.63) is 53.7 Å². The number of nitrogens with one attached hydrogen (secondary N) is 2. The number of H-pyrrole nitrogens is 2. The molecule has 1 fully saturated rings. The highest BCUT2D eigenvalue weighted by molar-refractivity contribution is 6.05. The monoisotopic (exact) mass is 457 g/mol. The zero-order valence-corrected chi connectivity index (χ0v) is 20.2. The summed E-state index contributed by atoms with van der Waals surface area (Å²) in [4.78, 5) is 29.2. The van der Waals surface area contributed by atoms with E-state index < -0.39 is 0 Å². The topological polar surface area (TPSA) is 77.2 Å². The highest BCUT2D eigenvalue weighted by atomic mass is 16.5. The number of hydrogen-bond donors (Lipinski definition) is 2. The van der Waals surface area contributed by atoms with E-state index in [9.17, 15) is 4.79 Å². The van der Waals surface area contributed by atoms with Gasteiger partial charge < -0.3 is 24.5 Å². The molecule has 0 aliphatic carbocycles. The maximum atomic E-state index is 12.6. The van der Waals surface area contributed by atoms with Crippen molar-refractivity contribution in [1.82, 2.24) is 19.9 Å². The van der Waals surface area contributed by atoms with E-state index in [1.54, 1.807) is 6.92 Å². The molecule has 2 N–H and O–H groups in total. The molecule has 176 valence electrons. The van der Waals surface area contributed by atoms with Crippen LogP contribution in [0.25, 0.3) is 33.7 Å². The van der Waals surface area contributed by atoms with E-state index in [1.807, 2.05) is 38.1 Å². The highest BCUT2D eigenvalue weighted by Crippen LogP contribution is 2.37. The second kappa shape index (κ2) is 8.99. The Bertz CT molecular complexity index is 1330. The average molecular weight is 458 g/mol. The molecule has 0 radical (unpaired) electrons. The maximum Gasteiger partial charge on any atom is 0.162 e. The number of hydrogen-bond acceptors (Lipinski definition) is 5. The first-order valence-corrected chi connectivity index (χ1v) is 11.8. The van der Waals surface area contributed by atoms with Gasteiger partial charge in [-0.25, -0.2) is 4.98 Å². The van der Waals surface area contributed by atoms with Gasteiger partial charge in [-0.05, 0) is 63.7 Å². The lowest BCUT2D eigenvalue weighted by molar-refractivity contribution is 0.101. The summed E-state index contributed by atoms with van der Waals surface area (Å²) >= 11 is 0. The van der Waals surface area contributed by atoms with Gasteiger partial charge in [-0.3, -0.25) is 4.79 Å². The van der Waals surface area contributed by atoms with Crippen molar-refractivity contribution in [2.45, 2.75) is 20.8 Å². The van der Waals surface area contributed by atoms with Gasteiger partial charge >= 0.3 is 0 Å². The molecule has 3 heterocycles. The number of benzene rings is 2. The molecule has 7 nitrogen and oxygen atoms in total. The molecule has 0 amide bonds. The molecule has 0 unspecified atom stereocenters. The number of Topliss-reactive ketones (excluding diaryl/α,β-unsaturated/α-hetero) is 1. The number of aromatic nitrogens is 3. The summed E-state index contributed by atoms with van der Waals surface area (Å²) in [7, 11) is 2.16. The summed E-state index contributed by atoms with van der Waals surface area (Å²) in [6.45, 7) is 10.3. The number of carbonyl (C=O) groups is 1. The third-order valence-corrected chi connectivity index (χ3v) is 6.56. The lowest BCUT2D eigenvalue weighted by Gasteiger charge is -2.34. The number of aromatic amines is 2. The van der Waals surface area contributed by atoms with Crippen LogP contribution in [0.5, 0.6) is 5.75 Å². The van der Waals surface area contributed by atoms with Crippen LogP contribution in [0.1, 0.15) is 29.9 Å². The molecule has 4 aromatic rings. The number of piperazine rings is 1. The fourth-order valence-electron chi connectivity index (χ4n) is 4.79. The van der Waals surface area contributed by atoms with E-state index in [2.05, 4.69) is 45.0 Å². The van der Waals surface area contributed by atoms with Crippen molar-refractivity contribution in [2.75, 3.05) is 44.7 Å². The van der Waals surface area contributed by atoms with Gasteiger partial charge in [0.25, 0.3) is 0 Å². The molecule has 0 atom stereocenters. The van der Waals surface area contributed by atoms with Crippen LogP contribution in [0.3, 0.4) is 0 Å². The largest absolute Gasteiger partial charge is 0.494 e. The number of nitrogens with zero attached hydrogens (tertiary/aromatic N) is 3. The van der Waals surface area contributed by atoms with E-state index in [0.29, 0.717) is 12.2 Å². The molecule has 1 saturated heterocycles. The lowest BCUT2D eigenvalue weighted by Crippen LogP contribution is -2.44. The molecule has 2 aromatic heterocycles. The van der Waals surface area contributed by atoms with Crippen LogP contribution in [-0.2, 0) is 0 Å². The van der Waals surface area contributed by atoms with E-state index in [0.717, 1.165) is 71.3 Å². The molecule has 5 rings (SSSR count). The number of ether oxygens (including phenoxy) is 1. The minimum atomic E-state index is 0.0253. The van der Waals surface area contributed by atoms with Gasteiger partial charge in [-0.15, -0.1) is 0 Å². The highest BCUT2D eigenvalue weighted by Gasteiger charge is 2.23. The zero-order valence-electron chi connectivity index (χ0n) is 20.2. The summed E-state index contributed by atoms with van der Waals surface area (Å²) in [6.07, 6.45) is 0. The van der Waals surface area contributed by atoms with Crippen LogP contribution in [0, 0.1) is 6.92 Å². The molecule has 7 heteroatoms. The minimum absolute atomic E-state index is 0.0253. The SMILES string of the molecule is CCOc1ccc(-c2c(-c3nc4ccc(N5CCN(C)CC5)cc4[nH]3)[nH]c(C)c2C(C)=O)cc1. The number of aryl methyl sites for hydroxylation is 1. The van der Waals surface area contributed by atoms with Gasteiger partial charge in [-0.1, -0.05) is 12.1 Å². The van der Waals surface area contributed by atoms with Gasteiger partial charge in [0.15, 0.2) is 11.6 Å². The first-order chi connectivity index (χ1) is 16.4. The lowest BCUT2D eigenvalue weighted by atomic mass is 9.97. The third-order valence-electron chi connectivity index (χ3n) is 6.56. The van der Waals surface area contributed by atoms with Crippen molar-refractivity contribution >= 4 is 22.5 Å². The molecule has 0 spiro atoms. The van der Waals surface area contributed by atoms with Crippen molar-refractivity contribution in [3.8, 4) is 28.4 Å². The van der Waals surface area contributed by atoms with Gasteiger partial charge in [0, 0.05) is 48.7 Å². The molecule has 34 heavy (non-hydrogen) atoms. The Hall–Kier alpha value is -3.58. The second-order valence-corrected chi connectivity index (χ2v) is 8.97. The van der Waals surface area contributed by atoms with Crippen molar-refractivity contribution in [1.29, 1.82) is 0 Å². The molecule has 1 aliphatic rings. The van der Waals surface area contributed by atoms with Crippen LogP contribution in [0.2, 0.25) is 0 Å². The van der Waals surface area contributed by atoms with Gasteiger partial charge in [-0.2, -0.15) is 0 Å². The summed E-state index contributed by atoms with van der Waals surface area (Å²) in [5.41, 5.74) is 7.27. The van der Waals surface area contributed by atoms with Crippen LogP contribution >= 0.6 is 0 Å². The second-order valence-electron chi connectivity index (χ2n) is 8.97. The number of likely N-dealkylation sites (N-methyl/N-ethyl adjacent to an activating group) is 1. The van der Waals surface area contributed by atoms with E-state index in [4.69, 9.17) is 9.72 Å². The normalized spacial score (nSPS) is 14.6. The standard InChI is InChI=1S/C27H31N5O2/c1-5-34-21-9-6-19(7-10-21)25-24(18(3)33)17(2)28-26(25)27-29-22-11-8-20(16-23(22)30-27)32-14-12-31(4)13-15-32/h6-11,16,28H,5,12-15H2,1-4H3,(H,29,30). The molecule has 2 aromatic carbocycles. The zero-order chi connectivity index (χ0) is 23.8. The Balaban J connectivity index is 1.57. The first kappa shape index (κ1) is 22.2. The van der Waals surface area contributed by atoms with Gasteiger partial charge in [0.2, 0.25) is 0 Å². The van der Waals surface area contributed by atoms with Crippen LogP contribution in [-0.4, -0.2) is 65.5 Å². The quantitative estimate of drug-likeness (QED) is 0.403. The number of carbonyl (C=O) groups excluding carboxylic acids is 1. The smallest absolute Gasteiger partial charge is 0.162 e. The Labute approximate surface area is 199 Å². The molecule has 0 bridgehead atoms. The Morgan fingerprint density at radius 2 is 1.79 bits per heavy atom. The third kappa shape index (κ3) is 4.07. The van der Waals surface area contributed by atoms with Gasteiger partial charge in [0.05, 0.1) is 23.3 Å². The minimum Gasteiger partial charge on any atom is -0.494 e. The first-order valence-electron chi connectivity index (χ1n) is 11.8. The Kier molecular flexibility index (Phi) is 5.87. The summed E-state index contributed by atoms with van der Waals surface area (Å²) < 4.78 is 5.60. The molecular weight excluding hydrogens is 426 g/mol. The average Bonchev–Trinajstić information content (AvgIpc) is 3.40. The Morgan fingerprint density at radius 3 is 2.47 bits per heavy atom. The van der Waals surface area contributed by atoms with Crippen LogP contribution in [0.4, 0.5) is 5.69 Å². The molecular formula is C27H31N5O2. The molecule has 1 aliphatic heterocycles. The predicted octanol–water partition coefficient (Wildman–Crippen LogP) is 4.89. The summed E-state index contributed by atoms with van der Waals surface area (Å²) in [6, 6.07) is 14.3. The van der Waals surface area contributed by atoms with E-state index >= 15 is 0 Å². The number of imidazole rings is 1. The fraction of sp³-hybridized carbons (Fsp3) is 0.333. The van der Waals surface area contributed by atoms with Crippen molar-refractivity contribution < 1.29 is 9.53 Å². The number of anilines is 1. The van der Waals surface area contributed by atoms with Crippen LogP contribution < -0.4 is 9.64 Å². The van der Waals surface area contributed by atoms with Crippen LogP contribution in [0.15, 0.2) is 42.5 Å². The van der Waals surface area contributed by atoms with Crippen molar-refractivity contribution in [2.24, 2.45) is 0 Å². The summed E-state index contributed by atoms with van der Waals surface area (Å²) in [5, 5.41) is 0. The number of fused-ring (bicyclic) bond motifs is 1. The maximum absolute atomic E-state index is 12.6.